The summed E-state index contributed by atoms with van der Waals surface area (Å²) in [7, 11) is 0. The van der Waals surface area contributed by atoms with Crippen LogP contribution in [0.4, 0.5) is 0 Å². The first kappa shape index (κ1) is 17.1. The van der Waals surface area contributed by atoms with Crippen LogP contribution in [0.5, 0.6) is 5.75 Å². The van der Waals surface area contributed by atoms with Gasteiger partial charge in [-0.2, -0.15) is 0 Å². The number of nitrogens with zero attached hydrogens (tertiary/aromatic N) is 1. The summed E-state index contributed by atoms with van der Waals surface area (Å²) in [5.41, 5.74) is 1.85. The third-order valence-corrected chi connectivity index (χ3v) is 3.62. The summed E-state index contributed by atoms with van der Waals surface area (Å²) in [4.78, 5) is 14.4. The van der Waals surface area contributed by atoms with Crippen LogP contribution in [0.1, 0.15) is 42.6 Å². The Morgan fingerprint density at radius 1 is 0.913 bits per heavy atom. The maximum atomic E-state index is 12.5. The predicted molar refractivity (Wildman–Crippen MR) is 93.7 cm³/mol. The maximum Gasteiger partial charge on any atom is 0.253 e. The molecular formula is C20H25NO2. The van der Waals surface area contributed by atoms with Gasteiger partial charge in [-0.25, -0.2) is 0 Å². The molecule has 0 unspecified atom stereocenters. The molecule has 0 saturated carbocycles. The van der Waals surface area contributed by atoms with Crippen molar-refractivity contribution >= 4 is 5.91 Å². The highest BCUT2D eigenvalue weighted by Gasteiger charge is 2.13. The first-order valence-electron chi connectivity index (χ1n) is 8.30. The highest BCUT2D eigenvalue weighted by Crippen LogP contribution is 2.16. The molecule has 0 fully saturated rings. The Kier molecular flexibility index (Phi) is 6.67. The minimum absolute atomic E-state index is 0.100. The van der Waals surface area contributed by atoms with E-state index in [1.54, 1.807) is 0 Å². The summed E-state index contributed by atoms with van der Waals surface area (Å²) < 4.78 is 5.76. The smallest absolute Gasteiger partial charge is 0.253 e. The molecule has 0 saturated heterocycles. The van der Waals surface area contributed by atoms with E-state index in [9.17, 15) is 4.79 Å². The Hall–Kier alpha value is -2.29. The molecule has 0 aromatic heterocycles. The van der Waals surface area contributed by atoms with Crippen molar-refractivity contribution in [2.24, 2.45) is 0 Å². The zero-order chi connectivity index (χ0) is 16.5. The molecule has 0 bridgehead atoms. The predicted octanol–water partition coefficient (Wildman–Crippen LogP) is 4.53. The molecule has 3 heteroatoms. The first-order chi connectivity index (χ1) is 11.2. The second-order valence-corrected chi connectivity index (χ2v) is 5.59. The van der Waals surface area contributed by atoms with E-state index >= 15 is 0 Å². The van der Waals surface area contributed by atoms with Crippen molar-refractivity contribution in [3.05, 3.63) is 65.7 Å². The van der Waals surface area contributed by atoms with Gasteiger partial charge in [0.05, 0.1) is 0 Å². The minimum atomic E-state index is 0.100. The van der Waals surface area contributed by atoms with Gasteiger partial charge >= 0.3 is 0 Å². The number of carbonyl (C=O) groups excluding carboxylic acids is 1. The van der Waals surface area contributed by atoms with E-state index in [-0.39, 0.29) is 5.91 Å². The Balaban J connectivity index is 1.96. The monoisotopic (exact) mass is 311 g/mol. The molecule has 1 amide bonds. The molecule has 2 aromatic rings. The van der Waals surface area contributed by atoms with Crippen LogP contribution in [0.2, 0.25) is 0 Å². The highest BCUT2D eigenvalue weighted by molar-refractivity contribution is 5.94. The molecule has 0 atom stereocenters. The molecule has 0 N–H and O–H groups in total. The molecule has 0 spiro atoms. The van der Waals surface area contributed by atoms with E-state index in [0.717, 1.165) is 42.8 Å². The van der Waals surface area contributed by atoms with Gasteiger partial charge in [0, 0.05) is 18.7 Å². The molecule has 122 valence electrons. The second-order valence-electron chi connectivity index (χ2n) is 5.59. The molecular weight excluding hydrogens is 286 g/mol. The fourth-order valence-corrected chi connectivity index (χ4v) is 2.47. The SMILES string of the molecule is CCCN(CCC)C(=O)c1ccc(OCc2ccccc2)cc1. The van der Waals surface area contributed by atoms with Gasteiger partial charge in [0.15, 0.2) is 0 Å². The fourth-order valence-electron chi connectivity index (χ4n) is 2.47. The number of amides is 1. The van der Waals surface area contributed by atoms with Gasteiger partial charge in [0.25, 0.3) is 5.91 Å². The molecule has 0 aliphatic rings. The topological polar surface area (TPSA) is 29.5 Å². The Labute approximate surface area is 138 Å². The minimum Gasteiger partial charge on any atom is -0.489 e. The van der Waals surface area contributed by atoms with Gasteiger partial charge in [-0.3, -0.25) is 4.79 Å². The standard InChI is InChI=1S/C20H25NO2/c1-3-14-21(15-4-2)20(22)18-10-12-19(13-11-18)23-16-17-8-6-5-7-9-17/h5-13H,3-4,14-16H2,1-2H3. The normalized spacial score (nSPS) is 10.3. The molecule has 23 heavy (non-hydrogen) atoms. The fraction of sp³-hybridized carbons (Fsp3) is 0.350. The Morgan fingerprint density at radius 2 is 1.52 bits per heavy atom. The Bertz CT molecular complexity index is 587. The van der Waals surface area contributed by atoms with Gasteiger partial charge in [-0.05, 0) is 42.7 Å². The summed E-state index contributed by atoms with van der Waals surface area (Å²) in [6, 6.07) is 17.5. The molecule has 3 nitrogen and oxygen atoms in total. The van der Waals surface area contributed by atoms with Crippen molar-refractivity contribution in [2.75, 3.05) is 13.1 Å². The number of hydrogen-bond donors (Lipinski definition) is 0. The van der Waals surface area contributed by atoms with Gasteiger partial charge in [-0.15, -0.1) is 0 Å². The van der Waals surface area contributed by atoms with E-state index in [1.807, 2.05) is 59.5 Å². The van der Waals surface area contributed by atoms with E-state index in [2.05, 4.69) is 13.8 Å². The third-order valence-electron chi connectivity index (χ3n) is 3.62. The average Bonchev–Trinajstić information content (AvgIpc) is 2.60. The zero-order valence-electron chi connectivity index (χ0n) is 14.0. The molecule has 0 heterocycles. The third kappa shape index (κ3) is 5.13. The van der Waals surface area contributed by atoms with E-state index in [1.165, 1.54) is 0 Å². The number of hydrogen-bond acceptors (Lipinski definition) is 2. The second kappa shape index (κ2) is 8.99. The lowest BCUT2D eigenvalue weighted by atomic mass is 10.1. The maximum absolute atomic E-state index is 12.5. The van der Waals surface area contributed by atoms with Crippen molar-refractivity contribution in [3.8, 4) is 5.75 Å². The van der Waals surface area contributed by atoms with Gasteiger partial charge < -0.3 is 9.64 Å². The summed E-state index contributed by atoms with van der Waals surface area (Å²) in [5, 5.41) is 0. The lowest BCUT2D eigenvalue weighted by Crippen LogP contribution is -2.32. The lowest BCUT2D eigenvalue weighted by molar-refractivity contribution is 0.0755. The Morgan fingerprint density at radius 3 is 2.09 bits per heavy atom. The van der Waals surface area contributed by atoms with E-state index in [0.29, 0.717) is 6.61 Å². The van der Waals surface area contributed by atoms with Gasteiger partial charge in [0.2, 0.25) is 0 Å². The summed E-state index contributed by atoms with van der Waals surface area (Å²) >= 11 is 0. The van der Waals surface area contributed by atoms with Crippen LogP contribution in [0.15, 0.2) is 54.6 Å². The molecule has 0 aliphatic heterocycles. The highest BCUT2D eigenvalue weighted by atomic mass is 16.5. The summed E-state index contributed by atoms with van der Waals surface area (Å²) in [5.74, 6) is 0.881. The van der Waals surface area contributed by atoms with Crippen LogP contribution in [0.3, 0.4) is 0 Å². The van der Waals surface area contributed by atoms with E-state index < -0.39 is 0 Å². The van der Waals surface area contributed by atoms with E-state index in [4.69, 9.17) is 4.74 Å². The summed E-state index contributed by atoms with van der Waals surface area (Å²) in [6.07, 6.45) is 1.95. The average molecular weight is 311 g/mol. The van der Waals surface area contributed by atoms with Crippen LogP contribution in [-0.4, -0.2) is 23.9 Å². The van der Waals surface area contributed by atoms with Crippen molar-refractivity contribution < 1.29 is 9.53 Å². The van der Waals surface area contributed by atoms with Crippen molar-refractivity contribution in [1.29, 1.82) is 0 Å². The lowest BCUT2D eigenvalue weighted by Gasteiger charge is -2.21. The largest absolute Gasteiger partial charge is 0.489 e. The van der Waals surface area contributed by atoms with Crippen molar-refractivity contribution in [2.45, 2.75) is 33.3 Å². The van der Waals surface area contributed by atoms with Crippen LogP contribution in [0.25, 0.3) is 0 Å². The van der Waals surface area contributed by atoms with Gasteiger partial charge in [-0.1, -0.05) is 44.2 Å². The molecule has 2 aromatic carbocycles. The number of rotatable bonds is 8. The van der Waals surface area contributed by atoms with Crippen molar-refractivity contribution in [1.82, 2.24) is 4.90 Å². The number of ether oxygens (including phenoxy) is 1. The van der Waals surface area contributed by atoms with Crippen molar-refractivity contribution in [3.63, 3.8) is 0 Å². The van der Waals surface area contributed by atoms with Crippen LogP contribution < -0.4 is 4.74 Å². The summed E-state index contributed by atoms with van der Waals surface area (Å²) in [6.45, 7) is 6.33. The first-order valence-corrected chi connectivity index (χ1v) is 8.30. The zero-order valence-corrected chi connectivity index (χ0v) is 14.0. The number of carbonyl (C=O) groups is 1. The van der Waals surface area contributed by atoms with Crippen LogP contribution in [0, 0.1) is 0 Å². The molecule has 2 rings (SSSR count). The number of benzene rings is 2. The molecule has 0 aliphatic carbocycles. The molecule has 0 radical (unpaired) electrons. The van der Waals surface area contributed by atoms with Crippen LogP contribution >= 0.6 is 0 Å². The van der Waals surface area contributed by atoms with Crippen LogP contribution in [-0.2, 0) is 6.61 Å². The quantitative estimate of drug-likeness (QED) is 0.717. The van der Waals surface area contributed by atoms with Gasteiger partial charge in [0.1, 0.15) is 12.4 Å².